The molecule has 6 heteroatoms. The fraction of sp³-hybridized carbons (Fsp3) is 0.0588. The van der Waals surface area contributed by atoms with Gasteiger partial charge in [-0.15, -0.1) is 0 Å². The van der Waals surface area contributed by atoms with Crippen molar-refractivity contribution < 1.29 is 0 Å². The molecule has 114 valence electrons. The summed E-state index contributed by atoms with van der Waals surface area (Å²) < 4.78 is 0. The Bertz CT molecular complexity index is 788. The lowest BCUT2D eigenvalue weighted by atomic mass is 10.1. The Kier molecular flexibility index (Phi) is 4.24. The van der Waals surface area contributed by atoms with Crippen LogP contribution >= 0.6 is 0 Å². The minimum atomic E-state index is -0.135. The molecule has 0 amide bonds. The van der Waals surface area contributed by atoms with E-state index in [2.05, 4.69) is 27.1 Å². The van der Waals surface area contributed by atoms with Crippen molar-refractivity contribution in [2.24, 2.45) is 5.73 Å². The summed E-state index contributed by atoms with van der Waals surface area (Å²) in [6.07, 6.45) is 5.34. The third-order valence-electron chi connectivity index (χ3n) is 3.30. The van der Waals surface area contributed by atoms with Gasteiger partial charge in [0.1, 0.15) is 12.1 Å². The summed E-state index contributed by atoms with van der Waals surface area (Å²) in [6.45, 7) is 0. The highest BCUT2D eigenvalue weighted by molar-refractivity contribution is 5.98. The maximum Gasteiger partial charge on any atom is 0.198 e. The second-order valence-electron chi connectivity index (χ2n) is 4.97. The Labute approximate surface area is 134 Å². The third-order valence-corrected chi connectivity index (χ3v) is 3.30. The summed E-state index contributed by atoms with van der Waals surface area (Å²) in [7, 11) is 0. The van der Waals surface area contributed by atoms with Crippen LogP contribution in [0.3, 0.4) is 0 Å². The Morgan fingerprint density at radius 1 is 1.00 bits per heavy atom. The minimum Gasteiger partial charge on any atom is -0.369 e. The number of hydrogen-bond donors (Lipinski definition) is 2. The molecule has 0 radical (unpaired) electrons. The Morgan fingerprint density at radius 2 is 1.74 bits per heavy atom. The maximum absolute atomic E-state index is 7.83. The summed E-state index contributed by atoms with van der Waals surface area (Å²) in [5.74, 6) is 0.435. The van der Waals surface area contributed by atoms with Crippen LogP contribution in [0, 0.1) is 5.41 Å². The fourth-order valence-corrected chi connectivity index (χ4v) is 2.30. The molecule has 0 atom stereocenters. The molecule has 3 aromatic rings. The first-order chi connectivity index (χ1) is 11.2. The topological polar surface area (TPSA) is 91.8 Å². The number of anilines is 2. The highest BCUT2D eigenvalue weighted by Crippen LogP contribution is 2.22. The zero-order chi connectivity index (χ0) is 16.1. The number of aromatic nitrogens is 3. The second-order valence-corrected chi connectivity index (χ2v) is 4.97. The molecule has 3 rings (SSSR count). The van der Waals surface area contributed by atoms with Crippen molar-refractivity contribution in [1.29, 1.82) is 5.41 Å². The number of nitrogens with zero attached hydrogens (tertiary/aromatic N) is 4. The first-order valence-corrected chi connectivity index (χ1v) is 7.13. The zero-order valence-corrected chi connectivity index (χ0v) is 12.4. The normalized spacial score (nSPS) is 10.3. The van der Waals surface area contributed by atoms with Crippen molar-refractivity contribution in [3.05, 3.63) is 78.5 Å². The van der Waals surface area contributed by atoms with Gasteiger partial charge >= 0.3 is 0 Å². The van der Waals surface area contributed by atoms with E-state index in [1.807, 2.05) is 36.4 Å². The van der Waals surface area contributed by atoms with Crippen LogP contribution in [0.4, 0.5) is 11.5 Å². The highest BCUT2D eigenvalue weighted by Gasteiger charge is 2.14. The average molecular weight is 304 g/mol. The van der Waals surface area contributed by atoms with Gasteiger partial charge in [-0.1, -0.05) is 36.4 Å². The van der Waals surface area contributed by atoms with E-state index in [1.165, 1.54) is 16.8 Å². The monoisotopic (exact) mass is 304 g/mol. The lowest BCUT2D eigenvalue weighted by Crippen LogP contribution is -2.33. The van der Waals surface area contributed by atoms with Crippen molar-refractivity contribution >= 4 is 17.5 Å². The van der Waals surface area contributed by atoms with E-state index in [0.29, 0.717) is 17.9 Å². The lowest BCUT2D eigenvalue weighted by molar-refractivity contribution is 1.04. The van der Waals surface area contributed by atoms with Crippen LogP contribution in [0.1, 0.15) is 11.3 Å². The average Bonchev–Trinajstić information content (AvgIpc) is 2.57. The molecule has 0 fully saturated rings. The van der Waals surface area contributed by atoms with E-state index in [1.54, 1.807) is 12.4 Å². The van der Waals surface area contributed by atoms with Gasteiger partial charge in [-0.05, 0) is 17.7 Å². The highest BCUT2D eigenvalue weighted by atomic mass is 15.3. The molecule has 1 aromatic carbocycles. The molecule has 0 aliphatic rings. The molecule has 2 aromatic heterocycles. The van der Waals surface area contributed by atoms with Crippen molar-refractivity contribution in [3.8, 4) is 0 Å². The molecule has 0 unspecified atom stereocenters. The molecule has 0 saturated heterocycles. The SMILES string of the molecule is N=C(N)N(c1cncnc1)c1cccc(Cc2ccccc2)n1. The number of nitrogens with two attached hydrogens (primary N) is 1. The van der Waals surface area contributed by atoms with Crippen molar-refractivity contribution in [2.45, 2.75) is 6.42 Å². The van der Waals surface area contributed by atoms with Crippen LogP contribution in [0.5, 0.6) is 0 Å². The summed E-state index contributed by atoms with van der Waals surface area (Å²) in [5.41, 5.74) is 8.39. The number of hydrogen-bond acceptors (Lipinski definition) is 4. The first-order valence-electron chi connectivity index (χ1n) is 7.13. The molecule has 0 saturated carbocycles. The van der Waals surface area contributed by atoms with E-state index in [0.717, 1.165) is 5.69 Å². The van der Waals surface area contributed by atoms with Gasteiger partial charge in [0, 0.05) is 12.1 Å². The van der Waals surface area contributed by atoms with Gasteiger partial charge in [0.2, 0.25) is 0 Å². The molecule has 0 aliphatic heterocycles. The largest absolute Gasteiger partial charge is 0.369 e. The van der Waals surface area contributed by atoms with E-state index in [-0.39, 0.29) is 5.96 Å². The van der Waals surface area contributed by atoms with Crippen molar-refractivity contribution in [3.63, 3.8) is 0 Å². The number of rotatable bonds is 4. The second kappa shape index (κ2) is 6.65. The molecular weight excluding hydrogens is 288 g/mol. The summed E-state index contributed by atoms with van der Waals surface area (Å²) in [5, 5.41) is 7.83. The van der Waals surface area contributed by atoms with E-state index >= 15 is 0 Å². The maximum atomic E-state index is 7.83. The Balaban J connectivity index is 1.92. The van der Waals surface area contributed by atoms with Crippen molar-refractivity contribution in [2.75, 3.05) is 4.90 Å². The van der Waals surface area contributed by atoms with Gasteiger partial charge in [-0.25, -0.2) is 15.0 Å². The van der Waals surface area contributed by atoms with E-state index in [9.17, 15) is 0 Å². The molecule has 6 nitrogen and oxygen atoms in total. The number of pyridine rings is 1. The van der Waals surface area contributed by atoms with Gasteiger partial charge in [-0.2, -0.15) is 0 Å². The van der Waals surface area contributed by atoms with Gasteiger partial charge in [0.05, 0.1) is 18.1 Å². The standard InChI is InChI=1S/C17H16N6/c18-17(19)23(15-10-20-12-21-11-15)16-8-4-7-14(22-16)9-13-5-2-1-3-6-13/h1-8,10-12H,9H2,(H3,18,19). The molecular formula is C17H16N6. The smallest absolute Gasteiger partial charge is 0.198 e. The van der Waals surface area contributed by atoms with Crippen LogP contribution in [0.25, 0.3) is 0 Å². The molecule has 0 bridgehead atoms. The van der Waals surface area contributed by atoms with Crippen molar-refractivity contribution in [1.82, 2.24) is 15.0 Å². The number of guanidine groups is 1. The predicted octanol–water partition coefficient (Wildman–Crippen LogP) is 2.49. The first kappa shape index (κ1) is 14.6. The Morgan fingerprint density at radius 3 is 2.43 bits per heavy atom. The van der Waals surface area contributed by atoms with E-state index < -0.39 is 0 Å². The predicted molar refractivity (Wildman–Crippen MR) is 89.6 cm³/mol. The van der Waals surface area contributed by atoms with Gasteiger partial charge in [0.25, 0.3) is 0 Å². The minimum absolute atomic E-state index is 0.135. The summed E-state index contributed by atoms with van der Waals surface area (Å²) >= 11 is 0. The molecule has 0 aliphatic carbocycles. The Hall–Kier alpha value is -3.28. The van der Waals surface area contributed by atoms with Crippen LogP contribution in [0.15, 0.2) is 67.3 Å². The van der Waals surface area contributed by atoms with Crippen LogP contribution in [-0.4, -0.2) is 20.9 Å². The fourth-order valence-electron chi connectivity index (χ4n) is 2.30. The molecule has 23 heavy (non-hydrogen) atoms. The number of benzene rings is 1. The van der Waals surface area contributed by atoms with E-state index in [4.69, 9.17) is 11.1 Å². The molecule has 0 spiro atoms. The quantitative estimate of drug-likeness (QED) is 0.570. The van der Waals surface area contributed by atoms with Crippen LogP contribution in [-0.2, 0) is 6.42 Å². The molecule has 2 heterocycles. The summed E-state index contributed by atoms with van der Waals surface area (Å²) in [4.78, 5) is 14.1. The van der Waals surface area contributed by atoms with Gasteiger partial charge in [0.15, 0.2) is 5.96 Å². The van der Waals surface area contributed by atoms with Crippen LogP contribution < -0.4 is 10.6 Å². The van der Waals surface area contributed by atoms with Gasteiger partial charge in [-0.3, -0.25) is 10.3 Å². The number of nitrogens with one attached hydrogen (secondary N) is 1. The van der Waals surface area contributed by atoms with Gasteiger partial charge < -0.3 is 5.73 Å². The van der Waals surface area contributed by atoms with Crippen LogP contribution in [0.2, 0.25) is 0 Å². The molecule has 3 N–H and O–H groups in total. The third kappa shape index (κ3) is 3.49. The lowest BCUT2D eigenvalue weighted by Gasteiger charge is -2.21. The zero-order valence-electron chi connectivity index (χ0n) is 12.4. The summed E-state index contributed by atoms with van der Waals surface area (Å²) in [6, 6.07) is 15.8.